The third-order valence-electron chi connectivity index (χ3n) is 11.0. The van der Waals surface area contributed by atoms with Crippen LogP contribution in [0.2, 0.25) is 10.0 Å². The number of para-hydroxylation sites is 1. The van der Waals surface area contributed by atoms with Crippen LogP contribution >= 0.6 is 23.2 Å². The highest BCUT2D eigenvalue weighted by Gasteiger charge is 2.62. The molecule has 1 amide bonds. The average Bonchev–Trinajstić information content (AvgIpc) is 3.49. The number of fused-ring (bicyclic) bond motifs is 5. The van der Waals surface area contributed by atoms with Crippen molar-refractivity contribution in [3.8, 4) is 5.75 Å². The summed E-state index contributed by atoms with van der Waals surface area (Å²) in [6.45, 7) is 7.44. The van der Waals surface area contributed by atoms with Crippen LogP contribution in [0, 0.1) is 24.7 Å². The Kier molecular flexibility index (Phi) is 7.74. The van der Waals surface area contributed by atoms with Crippen LogP contribution in [0.1, 0.15) is 54.9 Å². The first-order valence-electron chi connectivity index (χ1n) is 15.6. The van der Waals surface area contributed by atoms with E-state index >= 15 is 0 Å². The molecule has 1 saturated carbocycles. The summed E-state index contributed by atoms with van der Waals surface area (Å²) in [5, 5.41) is 1.40. The summed E-state index contributed by atoms with van der Waals surface area (Å²) in [7, 11) is 1.65. The lowest BCUT2D eigenvalue weighted by Crippen LogP contribution is -2.57. The van der Waals surface area contributed by atoms with Crippen LogP contribution in [0.3, 0.4) is 0 Å². The van der Waals surface area contributed by atoms with Crippen LogP contribution in [-0.4, -0.2) is 43.2 Å². The highest BCUT2D eigenvalue weighted by molar-refractivity contribution is 6.31. The van der Waals surface area contributed by atoms with E-state index in [0.29, 0.717) is 35.9 Å². The Labute approximate surface area is 265 Å². The van der Waals surface area contributed by atoms with Gasteiger partial charge in [0.1, 0.15) is 5.75 Å². The van der Waals surface area contributed by atoms with E-state index in [-0.39, 0.29) is 18.1 Å². The minimum atomic E-state index is -0.511. The fourth-order valence-electron chi connectivity index (χ4n) is 8.70. The molecule has 3 aliphatic heterocycles. The Morgan fingerprint density at radius 1 is 1.00 bits per heavy atom. The molecular formula is C36H40Cl2N2O3. The number of carbonyl (C=O) groups excluding carboxylic acids is 1. The van der Waals surface area contributed by atoms with Crippen molar-refractivity contribution in [2.75, 3.05) is 25.1 Å². The van der Waals surface area contributed by atoms with Gasteiger partial charge >= 0.3 is 0 Å². The third-order valence-corrected chi connectivity index (χ3v) is 11.7. The number of methoxy groups -OCH3 is 1. The van der Waals surface area contributed by atoms with Gasteiger partial charge in [0.15, 0.2) is 0 Å². The van der Waals surface area contributed by atoms with Gasteiger partial charge in [0, 0.05) is 28.3 Å². The number of anilines is 1. The van der Waals surface area contributed by atoms with E-state index in [9.17, 15) is 4.79 Å². The van der Waals surface area contributed by atoms with E-state index < -0.39 is 5.41 Å². The van der Waals surface area contributed by atoms with Gasteiger partial charge in [0.25, 0.3) is 0 Å². The van der Waals surface area contributed by atoms with Crippen molar-refractivity contribution in [3.05, 3.63) is 93.0 Å². The predicted octanol–water partition coefficient (Wildman–Crippen LogP) is 7.82. The van der Waals surface area contributed by atoms with Gasteiger partial charge < -0.3 is 14.4 Å². The number of rotatable bonds is 6. The summed E-state index contributed by atoms with van der Waals surface area (Å²) in [5.41, 5.74) is 4.83. The Hall–Kier alpha value is -2.57. The van der Waals surface area contributed by atoms with Crippen LogP contribution in [0.5, 0.6) is 5.75 Å². The second kappa shape index (κ2) is 11.4. The fourth-order valence-corrected chi connectivity index (χ4v) is 9.22. The monoisotopic (exact) mass is 618 g/mol. The Morgan fingerprint density at radius 3 is 2.58 bits per heavy atom. The number of hydrogen-bond donors (Lipinski definition) is 0. The summed E-state index contributed by atoms with van der Waals surface area (Å²) in [5.74, 6) is 2.55. The van der Waals surface area contributed by atoms with Crippen LogP contribution in [0.25, 0.3) is 0 Å². The van der Waals surface area contributed by atoms with Gasteiger partial charge in [-0.2, -0.15) is 0 Å². The topological polar surface area (TPSA) is 42.0 Å². The molecule has 0 radical (unpaired) electrons. The minimum absolute atomic E-state index is 0.176. The molecule has 0 unspecified atom stereocenters. The molecule has 0 aromatic heterocycles. The summed E-state index contributed by atoms with van der Waals surface area (Å²) in [4.78, 5) is 19.3. The van der Waals surface area contributed by atoms with Crippen molar-refractivity contribution in [2.45, 2.75) is 70.2 Å². The highest BCUT2D eigenvalue weighted by Crippen LogP contribution is 2.56. The number of ether oxygens (including phenoxy) is 2. The summed E-state index contributed by atoms with van der Waals surface area (Å²) in [6, 6.07) is 20.6. The molecule has 7 rings (SSSR count). The molecule has 6 atom stereocenters. The van der Waals surface area contributed by atoms with Crippen LogP contribution in [-0.2, 0) is 28.1 Å². The number of hydrogen-bond acceptors (Lipinski definition) is 4. The summed E-state index contributed by atoms with van der Waals surface area (Å²) >= 11 is 13.2. The molecule has 3 heterocycles. The minimum Gasteiger partial charge on any atom is -0.497 e. The lowest BCUT2D eigenvalue weighted by molar-refractivity contribution is -0.126. The maximum atomic E-state index is 14.7. The molecule has 1 aliphatic carbocycles. The number of carbonyl (C=O) groups is 1. The Morgan fingerprint density at radius 2 is 1.79 bits per heavy atom. The third kappa shape index (κ3) is 4.88. The number of aryl methyl sites for hydroxylation is 1. The first-order chi connectivity index (χ1) is 20.8. The van der Waals surface area contributed by atoms with E-state index in [2.05, 4.69) is 48.2 Å². The molecule has 0 N–H and O–H groups in total. The van der Waals surface area contributed by atoms with Crippen molar-refractivity contribution < 1.29 is 14.3 Å². The molecule has 1 spiro atoms. The van der Waals surface area contributed by atoms with Crippen LogP contribution < -0.4 is 9.64 Å². The average molecular weight is 620 g/mol. The maximum absolute atomic E-state index is 14.7. The number of nitrogens with zero attached hydrogens (tertiary/aromatic N) is 2. The standard InChI is InChI=1S/C36H40Cl2N2O3/c1-22-8-9-25(30(37)16-22)20-40-32-7-5-4-6-29(32)36(35(40)41)14-15-39-19-24-11-13-33(23(2)28(24)18-34(36)39)43-21-26-10-12-27(42-3)17-31(26)38/h4-10,12,16-17,23-24,28,33-34H,11,13-15,18-21H2,1-3H3/t23-,24+,28-,33+,34+,36+/m1/s1. The van der Waals surface area contributed by atoms with Gasteiger partial charge in [-0.05, 0) is 103 Å². The largest absolute Gasteiger partial charge is 0.497 e. The van der Waals surface area contributed by atoms with Gasteiger partial charge in [-0.25, -0.2) is 0 Å². The summed E-state index contributed by atoms with van der Waals surface area (Å²) in [6.07, 6.45) is 4.29. The quantitative estimate of drug-likeness (QED) is 0.282. The molecule has 4 aliphatic rings. The SMILES string of the molecule is COc1ccc(CO[C@H]2CC[C@H]3CN4CC[C@@]5(C(=O)N(Cc6ccc(C)cc6Cl)c6ccccc65)[C@@H]4C[C@@H]3[C@H]2C)c(Cl)c1. The number of benzene rings is 3. The van der Waals surface area contributed by atoms with E-state index in [1.807, 2.05) is 36.1 Å². The van der Waals surface area contributed by atoms with Gasteiger partial charge in [0.2, 0.25) is 5.91 Å². The van der Waals surface area contributed by atoms with E-state index in [0.717, 1.165) is 71.9 Å². The highest BCUT2D eigenvalue weighted by atomic mass is 35.5. The molecule has 7 heteroatoms. The van der Waals surface area contributed by atoms with E-state index in [1.54, 1.807) is 7.11 Å². The molecule has 3 aromatic carbocycles. The zero-order valence-corrected chi connectivity index (χ0v) is 26.7. The molecule has 3 aromatic rings. The maximum Gasteiger partial charge on any atom is 0.239 e. The number of halogens is 2. The Bertz CT molecular complexity index is 1540. The first kappa shape index (κ1) is 29.2. The molecule has 2 saturated heterocycles. The zero-order chi connectivity index (χ0) is 29.9. The van der Waals surface area contributed by atoms with Crippen LogP contribution in [0.15, 0.2) is 60.7 Å². The van der Waals surface area contributed by atoms with Gasteiger partial charge in [-0.1, -0.05) is 66.5 Å². The lowest BCUT2D eigenvalue weighted by atomic mass is 9.62. The van der Waals surface area contributed by atoms with Gasteiger partial charge in [0.05, 0.1) is 31.8 Å². The zero-order valence-electron chi connectivity index (χ0n) is 25.2. The molecule has 5 nitrogen and oxygen atoms in total. The van der Waals surface area contributed by atoms with E-state index in [1.165, 1.54) is 5.56 Å². The molecule has 226 valence electrons. The smallest absolute Gasteiger partial charge is 0.239 e. The molecule has 3 fully saturated rings. The summed E-state index contributed by atoms with van der Waals surface area (Å²) < 4.78 is 11.9. The molecule has 43 heavy (non-hydrogen) atoms. The van der Waals surface area contributed by atoms with Crippen molar-refractivity contribution >= 4 is 34.8 Å². The number of amides is 1. The van der Waals surface area contributed by atoms with Crippen molar-refractivity contribution in [3.63, 3.8) is 0 Å². The fraction of sp³-hybridized carbons (Fsp3) is 0.472. The van der Waals surface area contributed by atoms with Crippen molar-refractivity contribution in [1.29, 1.82) is 0 Å². The van der Waals surface area contributed by atoms with Crippen molar-refractivity contribution in [2.24, 2.45) is 17.8 Å². The molecular weight excluding hydrogens is 579 g/mol. The van der Waals surface area contributed by atoms with Crippen LogP contribution in [0.4, 0.5) is 5.69 Å². The normalized spacial score (nSPS) is 29.9. The van der Waals surface area contributed by atoms with E-state index in [4.69, 9.17) is 32.7 Å². The molecule has 0 bridgehead atoms. The number of piperidine rings is 1. The van der Waals surface area contributed by atoms with Gasteiger partial charge in [-0.3, -0.25) is 9.69 Å². The lowest BCUT2D eigenvalue weighted by Gasteiger charge is -2.51. The van der Waals surface area contributed by atoms with Gasteiger partial charge in [-0.15, -0.1) is 0 Å². The van der Waals surface area contributed by atoms with Crippen molar-refractivity contribution in [1.82, 2.24) is 4.90 Å². The predicted molar refractivity (Wildman–Crippen MR) is 172 cm³/mol. The second-order valence-corrected chi connectivity index (χ2v) is 14.0. The Balaban J connectivity index is 1.13. The first-order valence-corrected chi connectivity index (χ1v) is 16.4. The second-order valence-electron chi connectivity index (χ2n) is 13.1.